The van der Waals surface area contributed by atoms with Crippen molar-refractivity contribution in [2.24, 2.45) is 0 Å². The highest BCUT2D eigenvalue weighted by atomic mass is 28.3. The molecule has 0 N–H and O–H groups in total. The zero-order valence-electron chi connectivity index (χ0n) is 23.1. The van der Waals surface area contributed by atoms with Gasteiger partial charge in [-0.25, -0.2) is 0 Å². The van der Waals surface area contributed by atoms with Gasteiger partial charge in [0.15, 0.2) is 23.1 Å². The van der Waals surface area contributed by atoms with Crippen LogP contribution in [-0.4, -0.2) is 55.4 Å². The number of ketones is 4. The fraction of sp³-hybridized carbons (Fsp3) is 0.286. The Labute approximate surface area is 220 Å². The molecule has 0 aromatic rings. The lowest BCUT2D eigenvalue weighted by Crippen LogP contribution is -2.38. The number of hydrogen-bond donors (Lipinski definition) is 0. The van der Waals surface area contributed by atoms with Gasteiger partial charge in [-0.15, -0.1) is 26.3 Å². The topological polar surface area (TPSA) is 68.3 Å². The second-order valence-electron chi connectivity index (χ2n) is 11.4. The first-order valence-electron chi connectivity index (χ1n) is 11.9. The Morgan fingerprint density at radius 2 is 0.556 bits per heavy atom. The van der Waals surface area contributed by atoms with Crippen LogP contribution in [0.2, 0.25) is 52.4 Å². The predicted octanol–water partition coefficient (Wildman–Crippen LogP) is 5.87. The monoisotopic (exact) mass is 552 g/mol. The third kappa shape index (κ3) is 6.82. The van der Waals surface area contributed by atoms with Crippen LogP contribution < -0.4 is 0 Å². The van der Waals surface area contributed by atoms with Crippen molar-refractivity contribution in [3.05, 3.63) is 94.2 Å². The first-order chi connectivity index (χ1) is 16.3. The average molecular weight is 553 g/mol. The molecule has 0 fully saturated rings. The molecule has 0 bridgehead atoms. The summed E-state index contributed by atoms with van der Waals surface area (Å²) in [4.78, 5) is 48.8. The number of carbonyl (C=O) groups is 4. The van der Waals surface area contributed by atoms with Gasteiger partial charge in [-0.3, -0.25) is 19.2 Å². The number of hydrogen-bond acceptors (Lipinski definition) is 4. The summed E-state index contributed by atoms with van der Waals surface area (Å²) in [5.74, 6) is -0.0978. The molecule has 36 heavy (non-hydrogen) atoms. The summed E-state index contributed by atoms with van der Waals surface area (Å²) in [5, 5.41) is 2.61. The molecular weight excluding hydrogens is 513 g/mol. The summed E-state index contributed by atoms with van der Waals surface area (Å²) in [6.07, 6.45) is 6.13. The third-order valence-corrected chi connectivity index (χ3v) is 18.2. The Morgan fingerprint density at radius 1 is 0.417 bits per heavy atom. The fourth-order valence-corrected chi connectivity index (χ4v) is 9.29. The van der Waals surface area contributed by atoms with Crippen molar-refractivity contribution in [2.45, 2.75) is 52.4 Å². The second kappa shape index (κ2) is 11.2. The lowest BCUT2D eigenvalue weighted by Gasteiger charge is -2.26. The van der Waals surface area contributed by atoms with Gasteiger partial charge in [0, 0.05) is 0 Å². The normalized spacial score (nSPS) is 17.1. The van der Waals surface area contributed by atoms with Gasteiger partial charge in [0.25, 0.3) is 0 Å². The lowest BCUT2D eigenvalue weighted by molar-refractivity contribution is -0.114. The van der Waals surface area contributed by atoms with Crippen molar-refractivity contribution in [3.63, 3.8) is 0 Å². The van der Waals surface area contributed by atoms with Crippen molar-refractivity contribution < 1.29 is 19.2 Å². The molecular formula is C28H40O4Si4. The molecule has 2 aliphatic rings. The van der Waals surface area contributed by atoms with E-state index in [1.165, 1.54) is 24.3 Å². The van der Waals surface area contributed by atoms with Crippen LogP contribution in [0.4, 0.5) is 0 Å². The van der Waals surface area contributed by atoms with Gasteiger partial charge < -0.3 is 0 Å². The molecule has 0 saturated heterocycles. The molecule has 0 atom stereocenters. The summed E-state index contributed by atoms with van der Waals surface area (Å²) >= 11 is 0. The van der Waals surface area contributed by atoms with Gasteiger partial charge in [-0.1, -0.05) is 75.2 Å². The highest BCUT2D eigenvalue weighted by Gasteiger charge is 2.37. The minimum atomic E-state index is -1.98. The molecule has 192 valence electrons. The maximum absolute atomic E-state index is 12.2. The average Bonchev–Trinajstić information content (AvgIpc) is 2.81. The standard InChI is InChI=1S/2C14H20O2Si2/c2*1-7-17(3,4)13-9-12(16)14(10-11(13)15)18(5,6)8-2/h2*7-10H,1-2H2,3-6H3. The maximum atomic E-state index is 12.2. The Kier molecular flexibility index (Phi) is 9.84. The van der Waals surface area contributed by atoms with Crippen molar-refractivity contribution in [1.29, 1.82) is 0 Å². The van der Waals surface area contributed by atoms with Crippen LogP contribution in [0.3, 0.4) is 0 Å². The van der Waals surface area contributed by atoms with Gasteiger partial charge in [0.1, 0.15) is 32.3 Å². The second-order valence-corrected chi connectivity index (χ2v) is 29.0. The Bertz CT molecular complexity index is 988. The van der Waals surface area contributed by atoms with Crippen LogP contribution in [0.15, 0.2) is 94.2 Å². The molecule has 2 aliphatic carbocycles. The Hall–Kier alpha value is -2.53. The van der Waals surface area contributed by atoms with E-state index in [-0.39, 0.29) is 23.1 Å². The molecule has 0 aromatic carbocycles. The number of rotatable bonds is 8. The van der Waals surface area contributed by atoms with Gasteiger partial charge in [-0.2, -0.15) is 0 Å². The van der Waals surface area contributed by atoms with E-state index in [4.69, 9.17) is 0 Å². The largest absolute Gasteiger partial charge is 0.290 e. The zero-order chi connectivity index (χ0) is 28.3. The maximum Gasteiger partial charge on any atom is 0.178 e. The highest BCUT2D eigenvalue weighted by Crippen LogP contribution is 2.28. The summed E-state index contributed by atoms with van der Waals surface area (Å²) in [6, 6.07) is 0. The van der Waals surface area contributed by atoms with Crippen LogP contribution in [-0.2, 0) is 19.2 Å². The molecule has 0 saturated carbocycles. The van der Waals surface area contributed by atoms with E-state index in [0.717, 1.165) is 0 Å². The summed E-state index contributed by atoms with van der Waals surface area (Å²) in [7, 11) is -7.92. The molecule has 4 nitrogen and oxygen atoms in total. The molecule has 8 heteroatoms. The smallest absolute Gasteiger partial charge is 0.178 e. The summed E-state index contributed by atoms with van der Waals surface area (Å²) < 4.78 is 0. The number of carbonyl (C=O) groups excluding carboxylic acids is 4. The fourth-order valence-electron chi connectivity index (χ4n) is 3.57. The van der Waals surface area contributed by atoms with E-state index in [1.807, 2.05) is 75.2 Å². The molecule has 2 rings (SSSR count). The predicted molar refractivity (Wildman–Crippen MR) is 163 cm³/mol. The number of allylic oxidation sites excluding steroid dienone is 8. The molecule has 0 radical (unpaired) electrons. The van der Waals surface area contributed by atoms with E-state index in [9.17, 15) is 19.2 Å². The van der Waals surface area contributed by atoms with Crippen molar-refractivity contribution >= 4 is 55.4 Å². The van der Waals surface area contributed by atoms with Gasteiger partial charge in [0.2, 0.25) is 0 Å². The van der Waals surface area contributed by atoms with Crippen molar-refractivity contribution in [2.75, 3.05) is 0 Å². The van der Waals surface area contributed by atoms with Crippen LogP contribution in [0.1, 0.15) is 0 Å². The zero-order valence-corrected chi connectivity index (χ0v) is 27.1. The van der Waals surface area contributed by atoms with E-state index in [1.54, 1.807) is 0 Å². The molecule has 0 aromatic heterocycles. The lowest BCUT2D eigenvalue weighted by atomic mass is 10.1. The highest BCUT2D eigenvalue weighted by molar-refractivity contribution is 6.97. The van der Waals surface area contributed by atoms with Gasteiger partial charge in [-0.05, 0) is 45.1 Å². The Morgan fingerprint density at radius 3 is 0.667 bits per heavy atom. The van der Waals surface area contributed by atoms with Gasteiger partial charge in [0.05, 0.1) is 0 Å². The minimum absolute atomic E-state index is 0.0245. The van der Waals surface area contributed by atoms with Crippen molar-refractivity contribution in [3.8, 4) is 0 Å². The third-order valence-electron chi connectivity index (χ3n) is 6.98. The van der Waals surface area contributed by atoms with Gasteiger partial charge >= 0.3 is 0 Å². The molecule has 0 spiro atoms. The SMILES string of the molecule is C=C[Si](C)(C)C1=CC(=O)C([Si](C)(C)C=C)=CC1=O.C=C[Si](C)(C)C1=CC(=O)C([Si](C)(C)C=C)=CC1=O. The first-order valence-corrected chi connectivity index (χ1v) is 24.2. The van der Waals surface area contributed by atoms with E-state index in [0.29, 0.717) is 20.8 Å². The summed E-state index contributed by atoms with van der Waals surface area (Å²) in [6.45, 7) is 31.3. The van der Waals surface area contributed by atoms with Crippen LogP contribution >= 0.6 is 0 Å². The van der Waals surface area contributed by atoms with E-state index < -0.39 is 32.3 Å². The molecule has 0 aliphatic heterocycles. The molecule has 0 heterocycles. The minimum Gasteiger partial charge on any atom is -0.290 e. The van der Waals surface area contributed by atoms with Crippen LogP contribution in [0.25, 0.3) is 0 Å². The van der Waals surface area contributed by atoms with E-state index >= 15 is 0 Å². The quantitative estimate of drug-likeness (QED) is 0.279. The molecule has 0 amide bonds. The Balaban J connectivity index is 0.000000360. The van der Waals surface area contributed by atoms with E-state index in [2.05, 4.69) is 26.3 Å². The van der Waals surface area contributed by atoms with Crippen LogP contribution in [0, 0.1) is 0 Å². The van der Waals surface area contributed by atoms with Crippen molar-refractivity contribution in [1.82, 2.24) is 0 Å². The van der Waals surface area contributed by atoms with Crippen LogP contribution in [0.5, 0.6) is 0 Å². The molecule has 0 unspecified atom stereocenters. The first kappa shape index (κ1) is 31.5. The summed E-state index contributed by atoms with van der Waals surface area (Å²) in [5.41, 5.74) is 7.33.